The van der Waals surface area contributed by atoms with Crippen LogP contribution in [0, 0.1) is 0 Å². The second-order valence-corrected chi connectivity index (χ2v) is 5.48. The van der Waals surface area contributed by atoms with Crippen molar-refractivity contribution in [1.29, 1.82) is 0 Å². The van der Waals surface area contributed by atoms with Gasteiger partial charge in [-0.05, 0) is 35.9 Å². The number of nitrogens with zero attached hydrogens (tertiary/aromatic N) is 1. The van der Waals surface area contributed by atoms with Crippen molar-refractivity contribution in [3.05, 3.63) is 70.9 Å². The summed E-state index contributed by atoms with van der Waals surface area (Å²) in [7, 11) is 0. The molecular formula is C19H14ClNO2. The van der Waals surface area contributed by atoms with Crippen LogP contribution in [0.1, 0.15) is 18.2 Å². The van der Waals surface area contributed by atoms with Gasteiger partial charge in [-0.3, -0.25) is 4.79 Å². The molecule has 0 atom stereocenters. The molecule has 1 aromatic heterocycles. The van der Waals surface area contributed by atoms with E-state index in [4.69, 9.17) is 16.3 Å². The molecule has 3 nitrogen and oxygen atoms in total. The van der Waals surface area contributed by atoms with Gasteiger partial charge in [0, 0.05) is 17.3 Å². The van der Waals surface area contributed by atoms with Crippen LogP contribution in [0.2, 0.25) is 5.02 Å². The minimum atomic E-state index is -0.360. The van der Waals surface area contributed by atoms with Crippen LogP contribution < -0.4 is 4.74 Å². The van der Waals surface area contributed by atoms with E-state index in [2.05, 4.69) is 4.98 Å². The Morgan fingerprint density at radius 3 is 2.57 bits per heavy atom. The van der Waals surface area contributed by atoms with E-state index in [9.17, 15) is 4.79 Å². The van der Waals surface area contributed by atoms with Crippen molar-refractivity contribution in [1.82, 2.24) is 4.98 Å². The highest BCUT2D eigenvalue weighted by Gasteiger charge is 2.06. The number of carbonyl (C=O) groups excluding carboxylic acids is 1. The highest BCUT2D eigenvalue weighted by molar-refractivity contribution is 6.30. The summed E-state index contributed by atoms with van der Waals surface area (Å²) in [5.74, 6) is 0.109. The van der Waals surface area contributed by atoms with Gasteiger partial charge in [0.2, 0.25) is 0 Å². The Morgan fingerprint density at radius 1 is 1.04 bits per heavy atom. The van der Waals surface area contributed by atoms with Crippen LogP contribution in [-0.2, 0) is 4.79 Å². The minimum Gasteiger partial charge on any atom is -0.424 e. The summed E-state index contributed by atoms with van der Waals surface area (Å²) in [6.07, 6.45) is 3.87. The molecule has 23 heavy (non-hydrogen) atoms. The van der Waals surface area contributed by atoms with Crippen molar-refractivity contribution >= 4 is 40.6 Å². The molecule has 3 rings (SSSR count). The monoisotopic (exact) mass is 323 g/mol. The Bertz CT molecular complexity index is 886. The summed E-state index contributed by atoms with van der Waals surface area (Å²) in [6.45, 7) is 1.38. The van der Waals surface area contributed by atoms with Crippen LogP contribution in [-0.4, -0.2) is 11.0 Å². The fourth-order valence-corrected chi connectivity index (χ4v) is 2.35. The molecular weight excluding hydrogens is 310 g/mol. The third-order valence-corrected chi connectivity index (χ3v) is 3.53. The molecule has 0 saturated carbocycles. The Hall–Kier alpha value is -2.65. The SMILES string of the molecule is CC(=O)Oc1cccc2ccc(C=Cc3ccc(Cl)cc3)nc12. The molecule has 0 bridgehead atoms. The van der Waals surface area contributed by atoms with Gasteiger partial charge in [0.05, 0.1) is 5.69 Å². The van der Waals surface area contributed by atoms with Gasteiger partial charge in [-0.15, -0.1) is 0 Å². The number of para-hydroxylation sites is 1. The standard InChI is InChI=1S/C19H14ClNO2/c1-13(22)23-18-4-2-3-15-8-12-17(21-19(15)18)11-7-14-5-9-16(20)10-6-14/h2-12H,1H3. The average molecular weight is 324 g/mol. The van der Waals surface area contributed by atoms with Gasteiger partial charge in [-0.1, -0.05) is 48.0 Å². The normalized spacial score (nSPS) is 11.0. The van der Waals surface area contributed by atoms with Crippen LogP contribution in [0.3, 0.4) is 0 Å². The molecule has 0 aliphatic rings. The molecule has 3 aromatic rings. The molecule has 0 fully saturated rings. The maximum atomic E-state index is 11.2. The number of aromatic nitrogens is 1. The molecule has 4 heteroatoms. The molecule has 0 aliphatic heterocycles. The number of pyridine rings is 1. The van der Waals surface area contributed by atoms with E-state index >= 15 is 0 Å². The lowest BCUT2D eigenvalue weighted by Gasteiger charge is -2.06. The first-order valence-corrected chi connectivity index (χ1v) is 7.51. The Labute approximate surface area is 139 Å². The number of halogens is 1. The zero-order chi connectivity index (χ0) is 16.2. The fraction of sp³-hybridized carbons (Fsp3) is 0.0526. The zero-order valence-corrected chi connectivity index (χ0v) is 13.2. The van der Waals surface area contributed by atoms with Crippen LogP contribution in [0.25, 0.3) is 23.1 Å². The van der Waals surface area contributed by atoms with Gasteiger partial charge < -0.3 is 4.74 Å². The zero-order valence-electron chi connectivity index (χ0n) is 12.5. The van der Waals surface area contributed by atoms with Gasteiger partial charge in [-0.25, -0.2) is 4.98 Å². The highest BCUT2D eigenvalue weighted by Crippen LogP contribution is 2.24. The predicted octanol–water partition coefficient (Wildman–Crippen LogP) is 4.98. The molecule has 114 valence electrons. The third kappa shape index (κ3) is 3.76. The van der Waals surface area contributed by atoms with E-state index in [-0.39, 0.29) is 5.97 Å². The number of ether oxygens (including phenoxy) is 1. The van der Waals surface area contributed by atoms with Gasteiger partial charge in [-0.2, -0.15) is 0 Å². The molecule has 0 amide bonds. The Morgan fingerprint density at radius 2 is 1.83 bits per heavy atom. The number of fused-ring (bicyclic) bond motifs is 1. The van der Waals surface area contributed by atoms with Gasteiger partial charge in [0.1, 0.15) is 5.52 Å². The van der Waals surface area contributed by atoms with Crippen molar-refractivity contribution in [3.63, 3.8) is 0 Å². The van der Waals surface area contributed by atoms with Gasteiger partial charge >= 0.3 is 5.97 Å². The summed E-state index contributed by atoms with van der Waals surface area (Å²) in [4.78, 5) is 15.8. The average Bonchev–Trinajstić information content (AvgIpc) is 2.54. The van der Waals surface area contributed by atoms with Gasteiger partial charge in [0.25, 0.3) is 0 Å². The summed E-state index contributed by atoms with van der Waals surface area (Å²) in [5, 5.41) is 1.63. The van der Waals surface area contributed by atoms with E-state index in [1.807, 2.05) is 60.7 Å². The van der Waals surface area contributed by atoms with Crippen LogP contribution >= 0.6 is 11.6 Å². The van der Waals surface area contributed by atoms with Crippen LogP contribution in [0.4, 0.5) is 0 Å². The number of benzene rings is 2. The van der Waals surface area contributed by atoms with Crippen molar-refractivity contribution in [3.8, 4) is 5.75 Å². The predicted molar refractivity (Wildman–Crippen MR) is 93.4 cm³/mol. The highest BCUT2D eigenvalue weighted by atomic mass is 35.5. The lowest BCUT2D eigenvalue weighted by Crippen LogP contribution is -2.02. The second-order valence-electron chi connectivity index (χ2n) is 5.04. The third-order valence-electron chi connectivity index (χ3n) is 3.28. The summed E-state index contributed by atoms with van der Waals surface area (Å²) >= 11 is 5.88. The van der Waals surface area contributed by atoms with E-state index < -0.39 is 0 Å². The van der Waals surface area contributed by atoms with E-state index in [1.54, 1.807) is 6.07 Å². The first-order valence-electron chi connectivity index (χ1n) is 7.14. The number of hydrogen-bond acceptors (Lipinski definition) is 3. The fourth-order valence-electron chi connectivity index (χ4n) is 2.22. The smallest absolute Gasteiger partial charge is 0.308 e. The Kier molecular flexibility index (Phi) is 4.40. The topological polar surface area (TPSA) is 39.2 Å². The molecule has 0 N–H and O–H groups in total. The summed E-state index contributed by atoms with van der Waals surface area (Å²) in [5.41, 5.74) is 2.48. The number of hydrogen-bond donors (Lipinski definition) is 0. The lowest BCUT2D eigenvalue weighted by molar-refractivity contribution is -0.131. The summed E-state index contributed by atoms with van der Waals surface area (Å²) < 4.78 is 5.22. The van der Waals surface area contributed by atoms with Crippen LogP contribution in [0.15, 0.2) is 54.6 Å². The molecule has 0 aliphatic carbocycles. The molecule has 0 spiro atoms. The summed E-state index contributed by atoms with van der Waals surface area (Å²) in [6, 6.07) is 16.9. The maximum absolute atomic E-state index is 11.2. The quantitative estimate of drug-likeness (QED) is 0.504. The first-order chi connectivity index (χ1) is 11.1. The minimum absolute atomic E-state index is 0.360. The van der Waals surface area contributed by atoms with Crippen molar-refractivity contribution in [2.45, 2.75) is 6.92 Å². The molecule has 1 heterocycles. The van der Waals surface area contributed by atoms with E-state index in [0.717, 1.165) is 16.6 Å². The van der Waals surface area contributed by atoms with E-state index in [1.165, 1.54) is 6.92 Å². The number of rotatable bonds is 3. The maximum Gasteiger partial charge on any atom is 0.308 e. The van der Waals surface area contributed by atoms with Crippen molar-refractivity contribution in [2.24, 2.45) is 0 Å². The number of carbonyl (C=O) groups is 1. The second kappa shape index (κ2) is 6.63. The van der Waals surface area contributed by atoms with Crippen LogP contribution in [0.5, 0.6) is 5.75 Å². The lowest BCUT2D eigenvalue weighted by atomic mass is 10.1. The largest absolute Gasteiger partial charge is 0.424 e. The van der Waals surface area contributed by atoms with Crippen molar-refractivity contribution in [2.75, 3.05) is 0 Å². The molecule has 0 saturated heterocycles. The molecule has 0 unspecified atom stereocenters. The Balaban J connectivity index is 1.95. The number of esters is 1. The first kappa shape index (κ1) is 15.3. The molecule has 2 aromatic carbocycles. The van der Waals surface area contributed by atoms with E-state index in [0.29, 0.717) is 16.3 Å². The van der Waals surface area contributed by atoms with Gasteiger partial charge in [0.15, 0.2) is 5.75 Å². The molecule has 0 radical (unpaired) electrons. The van der Waals surface area contributed by atoms with Crippen molar-refractivity contribution < 1.29 is 9.53 Å².